The zero-order valence-electron chi connectivity index (χ0n) is 11.6. The van der Waals surface area contributed by atoms with Crippen molar-refractivity contribution in [2.24, 2.45) is 0 Å². The number of hydrogen-bond donors (Lipinski definition) is 1. The largest absolute Gasteiger partial charge is 0.486 e. The molecule has 0 aliphatic carbocycles. The first kappa shape index (κ1) is 15.4. The molecule has 0 bridgehead atoms. The number of ether oxygens (including phenoxy) is 1. The average molecular weight is 265 g/mol. The summed E-state index contributed by atoms with van der Waals surface area (Å²) in [5.74, 6) is -0.244. The average Bonchev–Trinajstić information content (AvgIpc) is 2.37. The minimum absolute atomic E-state index is 0.0488. The molecule has 0 saturated carbocycles. The van der Waals surface area contributed by atoms with Crippen LogP contribution in [-0.4, -0.2) is 25.0 Å². The number of ketones is 1. The Morgan fingerprint density at radius 1 is 1.53 bits per heavy atom. The molecule has 0 radical (unpaired) electrons. The third kappa shape index (κ3) is 5.66. The van der Waals surface area contributed by atoms with Crippen LogP contribution < -0.4 is 10.1 Å². The second kappa shape index (κ2) is 7.69. The van der Waals surface area contributed by atoms with E-state index >= 15 is 0 Å². The van der Waals surface area contributed by atoms with Gasteiger partial charge in [-0.3, -0.25) is 4.79 Å². The zero-order chi connectivity index (χ0) is 14.3. The van der Waals surface area contributed by atoms with Gasteiger partial charge in [-0.15, -0.1) is 0 Å². The molecular weight excluding hydrogens is 245 g/mol. The molecule has 0 saturated heterocycles. The van der Waals surface area contributed by atoms with E-state index in [0.717, 1.165) is 12.1 Å². The molecule has 0 amide bonds. The molecular formula is C15H20FNO2. The number of nitrogens with one attached hydrogen (secondary N) is 1. The first-order valence-corrected chi connectivity index (χ1v) is 6.38. The van der Waals surface area contributed by atoms with Crippen LogP contribution in [-0.2, 0) is 4.79 Å². The van der Waals surface area contributed by atoms with E-state index < -0.39 is 5.82 Å². The van der Waals surface area contributed by atoms with Gasteiger partial charge in [0, 0.05) is 6.54 Å². The molecule has 1 atom stereocenters. The van der Waals surface area contributed by atoms with E-state index in [1.165, 1.54) is 19.1 Å². The number of benzene rings is 1. The smallest absolute Gasteiger partial charge is 0.165 e. The molecule has 1 rings (SSSR count). The first-order chi connectivity index (χ1) is 9.02. The van der Waals surface area contributed by atoms with Crippen molar-refractivity contribution < 1.29 is 13.9 Å². The van der Waals surface area contributed by atoms with E-state index in [1.54, 1.807) is 18.2 Å². The van der Waals surface area contributed by atoms with E-state index in [9.17, 15) is 9.18 Å². The maximum Gasteiger partial charge on any atom is 0.165 e. The summed E-state index contributed by atoms with van der Waals surface area (Å²) < 4.78 is 19.2. The van der Waals surface area contributed by atoms with Gasteiger partial charge in [-0.1, -0.05) is 19.1 Å². The second-order valence-electron chi connectivity index (χ2n) is 4.37. The van der Waals surface area contributed by atoms with Crippen molar-refractivity contribution in [3.8, 4) is 5.75 Å². The van der Waals surface area contributed by atoms with Crippen LogP contribution in [0.25, 0.3) is 6.08 Å². The Morgan fingerprint density at radius 3 is 2.89 bits per heavy atom. The molecule has 1 aromatic rings. The predicted octanol–water partition coefficient (Wildman–Crippen LogP) is 2.80. The number of carbonyl (C=O) groups is 1. The minimum Gasteiger partial charge on any atom is -0.486 e. The number of likely N-dealkylation sites (N-methyl/N-ethyl adjacent to an activating group) is 1. The van der Waals surface area contributed by atoms with Crippen LogP contribution in [0.15, 0.2) is 24.3 Å². The van der Waals surface area contributed by atoms with E-state index in [-0.39, 0.29) is 17.6 Å². The fraction of sp³-hybridized carbons (Fsp3) is 0.400. The molecule has 0 spiro atoms. The highest BCUT2D eigenvalue weighted by Crippen LogP contribution is 2.20. The fourth-order valence-electron chi connectivity index (χ4n) is 1.53. The monoisotopic (exact) mass is 265 g/mol. The van der Waals surface area contributed by atoms with E-state index in [1.807, 2.05) is 13.8 Å². The maximum absolute atomic E-state index is 13.6. The van der Waals surface area contributed by atoms with Crippen LogP contribution in [0.5, 0.6) is 5.75 Å². The molecule has 0 aromatic heterocycles. The Hall–Kier alpha value is -1.68. The van der Waals surface area contributed by atoms with Gasteiger partial charge in [-0.25, -0.2) is 4.39 Å². The summed E-state index contributed by atoms with van der Waals surface area (Å²) in [6, 6.07) is 4.54. The zero-order valence-corrected chi connectivity index (χ0v) is 11.6. The Balaban J connectivity index is 2.76. The highest BCUT2D eigenvalue weighted by atomic mass is 19.1. The standard InChI is InChI=1S/C15H20FNO2/c1-4-17-10-12(3)19-15-9-13(6-5-11(2)18)7-8-14(15)16/h5-9,12,17H,4,10H2,1-3H3/b6-5+. The normalized spacial score (nSPS) is 12.6. The number of carbonyl (C=O) groups excluding carboxylic acids is 1. The van der Waals surface area contributed by atoms with Gasteiger partial charge in [0.15, 0.2) is 17.3 Å². The van der Waals surface area contributed by atoms with Crippen molar-refractivity contribution in [3.63, 3.8) is 0 Å². The Labute approximate surface area is 113 Å². The quantitative estimate of drug-likeness (QED) is 0.770. The summed E-state index contributed by atoms with van der Waals surface area (Å²) in [6.07, 6.45) is 2.96. The molecule has 0 fully saturated rings. The number of allylic oxidation sites excluding steroid dienone is 1. The molecule has 0 heterocycles. The van der Waals surface area contributed by atoms with Gasteiger partial charge in [0.05, 0.1) is 0 Å². The van der Waals surface area contributed by atoms with Crippen LogP contribution in [0.4, 0.5) is 4.39 Å². The van der Waals surface area contributed by atoms with Crippen molar-refractivity contribution in [3.05, 3.63) is 35.7 Å². The summed E-state index contributed by atoms with van der Waals surface area (Å²) in [4.78, 5) is 10.9. The Kier molecular flexibility index (Phi) is 6.22. The van der Waals surface area contributed by atoms with Gasteiger partial charge in [0.25, 0.3) is 0 Å². The van der Waals surface area contributed by atoms with Gasteiger partial charge in [-0.05, 0) is 44.2 Å². The van der Waals surface area contributed by atoms with E-state index in [4.69, 9.17) is 4.74 Å². The molecule has 3 nitrogen and oxygen atoms in total. The van der Waals surface area contributed by atoms with Crippen molar-refractivity contribution >= 4 is 11.9 Å². The van der Waals surface area contributed by atoms with Crippen LogP contribution in [0.1, 0.15) is 26.3 Å². The summed E-state index contributed by atoms with van der Waals surface area (Å²) in [5, 5.41) is 3.14. The molecule has 4 heteroatoms. The lowest BCUT2D eigenvalue weighted by Crippen LogP contribution is -2.28. The number of halogens is 1. The predicted molar refractivity (Wildman–Crippen MR) is 74.7 cm³/mol. The lowest BCUT2D eigenvalue weighted by molar-refractivity contribution is -0.112. The highest BCUT2D eigenvalue weighted by molar-refractivity contribution is 5.91. The van der Waals surface area contributed by atoms with Crippen molar-refractivity contribution in [1.29, 1.82) is 0 Å². The minimum atomic E-state index is -0.400. The lowest BCUT2D eigenvalue weighted by atomic mass is 10.2. The molecule has 1 aromatic carbocycles. The molecule has 1 unspecified atom stereocenters. The van der Waals surface area contributed by atoms with E-state index in [0.29, 0.717) is 6.54 Å². The molecule has 0 aliphatic rings. The van der Waals surface area contributed by atoms with Gasteiger partial charge in [0.2, 0.25) is 0 Å². The number of hydrogen-bond acceptors (Lipinski definition) is 3. The molecule has 1 N–H and O–H groups in total. The fourth-order valence-corrected chi connectivity index (χ4v) is 1.53. The number of rotatable bonds is 7. The summed E-state index contributed by atoms with van der Waals surface area (Å²) in [7, 11) is 0. The first-order valence-electron chi connectivity index (χ1n) is 6.38. The van der Waals surface area contributed by atoms with Crippen molar-refractivity contribution in [2.75, 3.05) is 13.1 Å². The third-order valence-electron chi connectivity index (χ3n) is 2.48. The summed E-state index contributed by atoms with van der Waals surface area (Å²) >= 11 is 0. The van der Waals surface area contributed by atoms with Gasteiger partial charge in [-0.2, -0.15) is 0 Å². The topological polar surface area (TPSA) is 38.3 Å². The lowest BCUT2D eigenvalue weighted by Gasteiger charge is -2.15. The van der Waals surface area contributed by atoms with Gasteiger partial charge >= 0.3 is 0 Å². The molecule has 0 aliphatic heterocycles. The maximum atomic E-state index is 13.6. The second-order valence-corrected chi connectivity index (χ2v) is 4.37. The van der Waals surface area contributed by atoms with Gasteiger partial charge < -0.3 is 10.1 Å². The van der Waals surface area contributed by atoms with Crippen LogP contribution >= 0.6 is 0 Å². The highest BCUT2D eigenvalue weighted by Gasteiger charge is 2.08. The summed E-state index contributed by atoms with van der Waals surface area (Å²) in [6.45, 7) is 6.84. The van der Waals surface area contributed by atoms with E-state index in [2.05, 4.69) is 5.32 Å². The molecule has 19 heavy (non-hydrogen) atoms. The van der Waals surface area contributed by atoms with Crippen LogP contribution in [0, 0.1) is 5.82 Å². The Bertz CT molecular complexity index is 457. The Morgan fingerprint density at radius 2 is 2.26 bits per heavy atom. The van der Waals surface area contributed by atoms with Gasteiger partial charge in [0.1, 0.15) is 6.10 Å². The van der Waals surface area contributed by atoms with Crippen molar-refractivity contribution in [2.45, 2.75) is 26.9 Å². The third-order valence-corrected chi connectivity index (χ3v) is 2.48. The summed E-state index contributed by atoms with van der Waals surface area (Å²) in [5.41, 5.74) is 0.738. The van der Waals surface area contributed by atoms with Crippen molar-refractivity contribution in [1.82, 2.24) is 5.32 Å². The van der Waals surface area contributed by atoms with Crippen LogP contribution in [0.2, 0.25) is 0 Å². The molecule has 104 valence electrons. The van der Waals surface area contributed by atoms with Crippen LogP contribution in [0.3, 0.4) is 0 Å². The SMILES string of the molecule is CCNCC(C)Oc1cc(/C=C/C(C)=O)ccc1F.